The van der Waals surface area contributed by atoms with Gasteiger partial charge in [-0.1, -0.05) is 31.4 Å². The van der Waals surface area contributed by atoms with E-state index in [4.69, 9.17) is 0 Å². The Morgan fingerprint density at radius 2 is 2.04 bits per heavy atom. The van der Waals surface area contributed by atoms with Gasteiger partial charge in [0, 0.05) is 31.3 Å². The van der Waals surface area contributed by atoms with E-state index >= 15 is 0 Å². The highest BCUT2D eigenvalue weighted by Crippen LogP contribution is 2.28. The molecule has 3 rings (SSSR count). The van der Waals surface area contributed by atoms with Crippen molar-refractivity contribution in [3.63, 3.8) is 0 Å². The van der Waals surface area contributed by atoms with Crippen molar-refractivity contribution >= 4 is 5.91 Å². The fraction of sp³-hybridized carbons (Fsp3) is 0.545. The van der Waals surface area contributed by atoms with E-state index in [1.54, 1.807) is 6.07 Å². The van der Waals surface area contributed by atoms with Crippen LogP contribution in [0.25, 0.3) is 11.3 Å². The summed E-state index contributed by atoms with van der Waals surface area (Å²) in [5, 5.41) is 7.33. The van der Waals surface area contributed by atoms with Crippen LogP contribution in [0, 0.1) is 11.7 Å². The smallest absolute Gasteiger partial charge is 0.222 e. The second kappa shape index (κ2) is 9.67. The molecule has 0 spiro atoms. The summed E-state index contributed by atoms with van der Waals surface area (Å²) < 4.78 is 13.3. The highest BCUT2D eigenvalue weighted by atomic mass is 19.1. The van der Waals surface area contributed by atoms with Gasteiger partial charge in [-0.3, -0.25) is 9.89 Å². The summed E-state index contributed by atoms with van der Waals surface area (Å²) in [6, 6.07) is 8.49. The monoisotopic (exact) mass is 371 g/mol. The van der Waals surface area contributed by atoms with Crippen LogP contribution in [0.15, 0.2) is 30.3 Å². The maximum Gasteiger partial charge on any atom is 0.222 e. The average Bonchev–Trinajstić information content (AvgIpc) is 3.33. The van der Waals surface area contributed by atoms with Crippen LogP contribution in [0.5, 0.6) is 0 Å². The van der Waals surface area contributed by atoms with Crippen LogP contribution in [0.1, 0.15) is 57.1 Å². The molecule has 27 heavy (non-hydrogen) atoms. The molecule has 0 atom stereocenters. The van der Waals surface area contributed by atoms with E-state index in [2.05, 4.69) is 10.2 Å². The van der Waals surface area contributed by atoms with Gasteiger partial charge in [0.25, 0.3) is 0 Å². The molecular formula is C22H30FN3O. The molecule has 0 unspecified atom stereocenters. The van der Waals surface area contributed by atoms with Crippen LogP contribution in [0.3, 0.4) is 0 Å². The SMILES string of the molecule is CN(CCCCCc1cc(-c2cccc(F)c2)n[nH]1)C(=O)CC1CCCC1. The summed E-state index contributed by atoms with van der Waals surface area (Å²) in [5.74, 6) is 0.673. The van der Waals surface area contributed by atoms with Crippen molar-refractivity contribution < 1.29 is 9.18 Å². The average molecular weight is 372 g/mol. The second-order valence-electron chi connectivity index (χ2n) is 7.77. The molecule has 2 aromatic rings. The Kier molecular flexibility index (Phi) is 7.02. The molecule has 1 aromatic heterocycles. The molecule has 1 N–H and O–H groups in total. The van der Waals surface area contributed by atoms with Gasteiger partial charge >= 0.3 is 0 Å². The van der Waals surface area contributed by atoms with Gasteiger partial charge in [-0.15, -0.1) is 0 Å². The summed E-state index contributed by atoms with van der Waals surface area (Å²) in [6.45, 7) is 0.836. The van der Waals surface area contributed by atoms with Crippen molar-refractivity contribution in [1.29, 1.82) is 0 Å². The van der Waals surface area contributed by atoms with E-state index in [0.717, 1.165) is 55.6 Å². The van der Waals surface area contributed by atoms with Crippen molar-refractivity contribution in [3.05, 3.63) is 41.8 Å². The molecule has 1 amide bonds. The molecule has 146 valence electrons. The molecule has 1 aliphatic rings. The predicted molar refractivity (Wildman–Crippen MR) is 106 cm³/mol. The zero-order chi connectivity index (χ0) is 19.1. The highest BCUT2D eigenvalue weighted by molar-refractivity contribution is 5.76. The number of hydrogen-bond donors (Lipinski definition) is 1. The minimum Gasteiger partial charge on any atom is -0.346 e. The molecule has 0 bridgehead atoms. The fourth-order valence-corrected chi connectivity index (χ4v) is 3.87. The molecule has 1 fully saturated rings. The molecule has 4 nitrogen and oxygen atoms in total. The zero-order valence-corrected chi connectivity index (χ0v) is 16.2. The van der Waals surface area contributed by atoms with Crippen molar-refractivity contribution in [3.8, 4) is 11.3 Å². The standard InChI is InChI=1S/C22H30FN3O/c1-26(22(27)14-17-8-4-5-9-17)13-6-2-3-12-20-16-21(25-24-20)18-10-7-11-19(23)15-18/h7,10-11,15-17H,2-6,8-9,12-14H2,1H3,(H,24,25). The van der Waals surface area contributed by atoms with E-state index in [9.17, 15) is 9.18 Å². The van der Waals surface area contributed by atoms with E-state index in [0.29, 0.717) is 11.8 Å². The number of rotatable bonds is 9. The molecular weight excluding hydrogens is 341 g/mol. The van der Waals surface area contributed by atoms with E-state index in [-0.39, 0.29) is 5.82 Å². The van der Waals surface area contributed by atoms with Crippen molar-refractivity contribution in [1.82, 2.24) is 15.1 Å². The van der Waals surface area contributed by atoms with Gasteiger partial charge < -0.3 is 4.90 Å². The Hall–Kier alpha value is -2.17. The number of carbonyl (C=O) groups is 1. The number of unbranched alkanes of at least 4 members (excludes halogenated alkanes) is 2. The number of nitrogens with zero attached hydrogens (tertiary/aromatic N) is 2. The van der Waals surface area contributed by atoms with Crippen molar-refractivity contribution in [2.45, 2.75) is 57.8 Å². The lowest BCUT2D eigenvalue weighted by atomic mass is 10.0. The van der Waals surface area contributed by atoms with Gasteiger partial charge in [0.1, 0.15) is 5.82 Å². The number of benzene rings is 1. The number of carbonyl (C=O) groups excluding carboxylic acids is 1. The number of aromatic amines is 1. The number of H-pyrrole nitrogens is 1. The quantitative estimate of drug-likeness (QED) is 0.633. The number of hydrogen-bond acceptors (Lipinski definition) is 2. The van der Waals surface area contributed by atoms with Crippen LogP contribution < -0.4 is 0 Å². The van der Waals surface area contributed by atoms with Gasteiger partial charge in [-0.2, -0.15) is 5.10 Å². The first-order chi connectivity index (χ1) is 13.1. The van der Waals surface area contributed by atoms with Crippen LogP contribution in [0.4, 0.5) is 4.39 Å². The molecule has 1 saturated carbocycles. The Bertz CT molecular complexity index is 737. The number of amides is 1. The summed E-state index contributed by atoms with van der Waals surface area (Å²) in [6.07, 6.45) is 9.83. The van der Waals surface area contributed by atoms with E-state index < -0.39 is 0 Å². The summed E-state index contributed by atoms with van der Waals surface area (Å²) in [4.78, 5) is 14.1. The predicted octanol–water partition coefficient (Wildman–Crippen LogP) is 4.97. The minimum absolute atomic E-state index is 0.247. The number of halogens is 1. The molecule has 5 heteroatoms. The van der Waals surface area contributed by atoms with Crippen LogP contribution in [-0.2, 0) is 11.2 Å². The van der Waals surface area contributed by atoms with Crippen molar-refractivity contribution in [2.75, 3.05) is 13.6 Å². The first-order valence-electron chi connectivity index (χ1n) is 10.2. The van der Waals surface area contributed by atoms with Gasteiger partial charge in [0.05, 0.1) is 5.69 Å². The van der Waals surface area contributed by atoms with Gasteiger partial charge in [-0.25, -0.2) is 4.39 Å². The number of aromatic nitrogens is 2. The largest absolute Gasteiger partial charge is 0.346 e. The third kappa shape index (κ3) is 5.91. The fourth-order valence-electron chi connectivity index (χ4n) is 3.87. The third-order valence-electron chi connectivity index (χ3n) is 5.55. The van der Waals surface area contributed by atoms with Gasteiger partial charge in [-0.05, 0) is 56.2 Å². The Labute approximate surface area is 161 Å². The van der Waals surface area contributed by atoms with Gasteiger partial charge in [0.2, 0.25) is 5.91 Å². The Morgan fingerprint density at radius 3 is 2.81 bits per heavy atom. The topological polar surface area (TPSA) is 49.0 Å². The lowest BCUT2D eigenvalue weighted by Gasteiger charge is -2.19. The third-order valence-corrected chi connectivity index (χ3v) is 5.55. The van der Waals surface area contributed by atoms with Crippen LogP contribution in [-0.4, -0.2) is 34.6 Å². The highest BCUT2D eigenvalue weighted by Gasteiger charge is 2.20. The number of nitrogens with one attached hydrogen (secondary N) is 1. The summed E-state index contributed by atoms with van der Waals surface area (Å²) >= 11 is 0. The van der Waals surface area contributed by atoms with E-state index in [1.807, 2.05) is 24.1 Å². The molecule has 0 radical (unpaired) electrons. The summed E-state index contributed by atoms with van der Waals surface area (Å²) in [5.41, 5.74) is 2.64. The van der Waals surface area contributed by atoms with E-state index in [1.165, 1.54) is 37.8 Å². The lowest BCUT2D eigenvalue weighted by molar-refractivity contribution is -0.130. The molecule has 1 aliphatic carbocycles. The molecule has 0 aliphatic heterocycles. The zero-order valence-electron chi connectivity index (χ0n) is 16.2. The number of aryl methyl sites for hydroxylation is 1. The summed E-state index contributed by atoms with van der Waals surface area (Å²) in [7, 11) is 1.93. The molecule has 0 saturated heterocycles. The Balaban J connectivity index is 1.34. The normalized spacial score (nSPS) is 14.6. The molecule has 1 heterocycles. The molecule has 1 aromatic carbocycles. The lowest BCUT2D eigenvalue weighted by Crippen LogP contribution is -2.29. The van der Waals surface area contributed by atoms with Crippen molar-refractivity contribution in [2.24, 2.45) is 5.92 Å². The first kappa shape index (κ1) is 19.6. The minimum atomic E-state index is -0.247. The first-order valence-corrected chi connectivity index (χ1v) is 10.2. The Morgan fingerprint density at radius 1 is 1.22 bits per heavy atom. The maximum atomic E-state index is 13.3. The second-order valence-corrected chi connectivity index (χ2v) is 7.77. The maximum absolute atomic E-state index is 13.3. The van der Waals surface area contributed by atoms with Crippen LogP contribution >= 0.6 is 0 Å². The van der Waals surface area contributed by atoms with Gasteiger partial charge in [0.15, 0.2) is 0 Å². The van der Waals surface area contributed by atoms with Crippen LogP contribution in [0.2, 0.25) is 0 Å².